The Labute approximate surface area is 109 Å². The van der Waals surface area contributed by atoms with Crippen molar-refractivity contribution in [2.45, 2.75) is 13.3 Å². The second-order valence-corrected chi connectivity index (χ2v) is 4.24. The fraction of sp³-hybridized carbons (Fsp3) is 0.500. The van der Waals surface area contributed by atoms with Crippen molar-refractivity contribution in [1.82, 2.24) is 4.98 Å². The van der Waals surface area contributed by atoms with Gasteiger partial charge in [0.05, 0.1) is 16.6 Å². The Morgan fingerprint density at radius 1 is 1.41 bits per heavy atom. The summed E-state index contributed by atoms with van der Waals surface area (Å²) in [5, 5.41) is 3.55. The smallest absolute Gasteiger partial charge is 0.255 e. The SMILES string of the molecule is CCNc1nc(N(C)CC(F)F)c(Cl)cc1Cl. The minimum atomic E-state index is -2.45. The highest BCUT2D eigenvalue weighted by molar-refractivity contribution is 6.37. The first-order chi connectivity index (χ1) is 7.95. The number of aromatic nitrogens is 1. The van der Waals surface area contributed by atoms with Crippen molar-refractivity contribution in [3.05, 3.63) is 16.1 Å². The van der Waals surface area contributed by atoms with E-state index < -0.39 is 13.0 Å². The third kappa shape index (κ3) is 3.85. The fourth-order valence-electron chi connectivity index (χ4n) is 1.31. The molecule has 7 heteroatoms. The Morgan fingerprint density at radius 2 is 2.06 bits per heavy atom. The van der Waals surface area contributed by atoms with E-state index >= 15 is 0 Å². The van der Waals surface area contributed by atoms with Gasteiger partial charge in [0.25, 0.3) is 6.43 Å². The summed E-state index contributed by atoms with van der Waals surface area (Å²) in [7, 11) is 1.50. The number of hydrogen-bond acceptors (Lipinski definition) is 3. The van der Waals surface area contributed by atoms with Crippen molar-refractivity contribution in [2.24, 2.45) is 0 Å². The van der Waals surface area contributed by atoms with Crippen molar-refractivity contribution in [3.63, 3.8) is 0 Å². The molecular formula is C10H13Cl2F2N3. The number of alkyl halides is 2. The number of nitrogens with one attached hydrogen (secondary N) is 1. The number of halogens is 4. The van der Waals surface area contributed by atoms with Gasteiger partial charge in [-0.15, -0.1) is 0 Å². The van der Waals surface area contributed by atoms with E-state index in [2.05, 4.69) is 10.3 Å². The Kier molecular flexibility index (Phi) is 5.21. The van der Waals surface area contributed by atoms with E-state index in [0.717, 1.165) is 0 Å². The highest BCUT2D eigenvalue weighted by atomic mass is 35.5. The Hall–Kier alpha value is -0.810. The molecule has 1 N–H and O–H groups in total. The standard InChI is InChI=1S/C10H13Cl2F2N3/c1-3-15-9-6(11)4-7(12)10(16-9)17(2)5-8(13)14/h4,8H,3,5H2,1-2H3,(H,15,16). The van der Waals surface area contributed by atoms with Crippen LogP contribution in [0.4, 0.5) is 20.4 Å². The molecule has 17 heavy (non-hydrogen) atoms. The molecule has 0 aliphatic carbocycles. The molecule has 1 aromatic heterocycles. The minimum absolute atomic E-state index is 0.250. The largest absolute Gasteiger partial charge is 0.369 e. The lowest BCUT2D eigenvalue weighted by Gasteiger charge is -2.20. The highest BCUT2D eigenvalue weighted by Gasteiger charge is 2.15. The van der Waals surface area contributed by atoms with Crippen LogP contribution in [-0.2, 0) is 0 Å². The van der Waals surface area contributed by atoms with Crippen LogP contribution in [0.25, 0.3) is 0 Å². The number of anilines is 2. The van der Waals surface area contributed by atoms with Gasteiger partial charge in [-0.1, -0.05) is 23.2 Å². The Morgan fingerprint density at radius 3 is 2.59 bits per heavy atom. The summed E-state index contributed by atoms with van der Waals surface area (Å²) in [4.78, 5) is 5.43. The first-order valence-electron chi connectivity index (χ1n) is 5.04. The molecule has 0 saturated carbocycles. The molecule has 0 fully saturated rings. The zero-order valence-electron chi connectivity index (χ0n) is 9.48. The molecule has 0 aliphatic rings. The van der Waals surface area contributed by atoms with Crippen molar-refractivity contribution < 1.29 is 8.78 Å². The fourth-order valence-corrected chi connectivity index (χ4v) is 1.88. The van der Waals surface area contributed by atoms with Gasteiger partial charge in [-0.3, -0.25) is 0 Å². The predicted molar refractivity (Wildman–Crippen MR) is 67.7 cm³/mol. The molecule has 0 amide bonds. The van der Waals surface area contributed by atoms with Gasteiger partial charge in [0.15, 0.2) is 0 Å². The van der Waals surface area contributed by atoms with Crippen LogP contribution in [0.1, 0.15) is 6.92 Å². The summed E-state index contributed by atoms with van der Waals surface area (Å²) in [6, 6.07) is 1.49. The van der Waals surface area contributed by atoms with E-state index in [1.165, 1.54) is 18.0 Å². The van der Waals surface area contributed by atoms with Crippen molar-refractivity contribution >= 4 is 34.8 Å². The van der Waals surface area contributed by atoms with Gasteiger partial charge in [0.2, 0.25) is 0 Å². The molecule has 0 radical (unpaired) electrons. The van der Waals surface area contributed by atoms with Gasteiger partial charge in [0.1, 0.15) is 11.6 Å². The van der Waals surface area contributed by atoms with Crippen molar-refractivity contribution in [2.75, 3.05) is 30.4 Å². The second kappa shape index (κ2) is 6.21. The lowest BCUT2D eigenvalue weighted by Crippen LogP contribution is -2.25. The monoisotopic (exact) mass is 283 g/mol. The molecule has 1 rings (SSSR count). The number of nitrogens with zero attached hydrogens (tertiary/aromatic N) is 2. The van der Waals surface area contributed by atoms with Crippen LogP contribution in [0, 0.1) is 0 Å². The second-order valence-electron chi connectivity index (χ2n) is 3.43. The summed E-state index contributed by atoms with van der Waals surface area (Å²) in [5.41, 5.74) is 0. The van der Waals surface area contributed by atoms with Crippen LogP contribution >= 0.6 is 23.2 Å². The maximum absolute atomic E-state index is 12.3. The van der Waals surface area contributed by atoms with Crippen LogP contribution in [0.5, 0.6) is 0 Å². The van der Waals surface area contributed by atoms with E-state index in [-0.39, 0.29) is 10.8 Å². The van der Waals surface area contributed by atoms with E-state index in [4.69, 9.17) is 23.2 Å². The zero-order valence-corrected chi connectivity index (χ0v) is 11.0. The summed E-state index contributed by atoms with van der Waals surface area (Å²) >= 11 is 11.8. The first-order valence-corrected chi connectivity index (χ1v) is 5.80. The zero-order chi connectivity index (χ0) is 13.0. The Bertz CT molecular complexity index is 388. The normalized spacial score (nSPS) is 10.8. The summed E-state index contributed by atoms with van der Waals surface area (Å²) in [6.45, 7) is 2.08. The molecule has 0 aliphatic heterocycles. The average molecular weight is 284 g/mol. The summed E-state index contributed by atoms with van der Waals surface area (Å²) < 4.78 is 24.6. The number of pyridine rings is 1. The molecule has 0 unspecified atom stereocenters. The van der Waals surface area contributed by atoms with Crippen LogP contribution in [0.15, 0.2) is 6.07 Å². The molecular weight excluding hydrogens is 271 g/mol. The molecule has 0 saturated heterocycles. The first kappa shape index (κ1) is 14.3. The lowest BCUT2D eigenvalue weighted by molar-refractivity contribution is 0.156. The molecule has 1 heterocycles. The quantitative estimate of drug-likeness (QED) is 0.896. The molecule has 0 atom stereocenters. The third-order valence-corrected chi connectivity index (χ3v) is 2.59. The molecule has 96 valence electrons. The van der Waals surface area contributed by atoms with Crippen molar-refractivity contribution in [1.29, 1.82) is 0 Å². The topological polar surface area (TPSA) is 28.2 Å². The van der Waals surface area contributed by atoms with E-state index in [1.54, 1.807) is 0 Å². The predicted octanol–water partition coefficient (Wildman–Crippen LogP) is 3.52. The molecule has 3 nitrogen and oxygen atoms in total. The van der Waals surface area contributed by atoms with E-state index in [0.29, 0.717) is 17.4 Å². The molecule has 0 bridgehead atoms. The molecule has 0 spiro atoms. The number of hydrogen-bond donors (Lipinski definition) is 1. The molecule has 0 aromatic carbocycles. The van der Waals surface area contributed by atoms with Gasteiger partial charge < -0.3 is 10.2 Å². The maximum Gasteiger partial charge on any atom is 0.255 e. The summed E-state index contributed by atoms with van der Waals surface area (Å²) in [6.07, 6.45) is -2.45. The van der Waals surface area contributed by atoms with Gasteiger partial charge in [-0.25, -0.2) is 13.8 Å². The average Bonchev–Trinajstić information content (AvgIpc) is 2.21. The van der Waals surface area contributed by atoms with Crippen LogP contribution in [0.3, 0.4) is 0 Å². The van der Waals surface area contributed by atoms with Gasteiger partial charge >= 0.3 is 0 Å². The lowest BCUT2D eigenvalue weighted by atomic mass is 10.4. The molecule has 1 aromatic rings. The number of rotatable bonds is 5. The highest BCUT2D eigenvalue weighted by Crippen LogP contribution is 2.31. The van der Waals surface area contributed by atoms with Gasteiger partial charge in [-0.2, -0.15) is 0 Å². The van der Waals surface area contributed by atoms with Gasteiger partial charge in [-0.05, 0) is 13.0 Å². The minimum Gasteiger partial charge on any atom is -0.369 e. The maximum atomic E-state index is 12.3. The third-order valence-electron chi connectivity index (χ3n) is 2.03. The van der Waals surface area contributed by atoms with E-state index in [9.17, 15) is 8.78 Å². The van der Waals surface area contributed by atoms with Crippen LogP contribution in [0.2, 0.25) is 10.0 Å². The van der Waals surface area contributed by atoms with Crippen LogP contribution in [-0.4, -0.2) is 31.5 Å². The van der Waals surface area contributed by atoms with Crippen LogP contribution < -0.4 is 10.2 Å². The summed E-state index contributed by atoms with van der Waals surface area (Å²) in [5.74, 6) is 0.724. The Balaban J connectivity index is 3.02. The van der Waals surface area contributed by atoms with Crippen molar-refractivity contribution in [3.8, 4) is 0 Å². The van der Waals surface area contributed by atoms with E-state index in [1.807, 2.05) is 6.92 Å². The van der Waals surface area contributed by atoms with Gasteiger partial charge in [0, 0.05) is 13.6 Å².